The number of hydrogen-bond donors (Lipinski definition) is 2. The van der Waals surface area contributed by atoms with Gasteiger partial charge in [0.25, 0.3) is 0 Å². The molecule has 0 saturated carbocycles. The summed E-state index contributed by atoms with van der Waals surface area (Å²) in [7, 11) is 2.95. The molecule has 7 nitrogen and oxygen atoms in total. The first-order valence-electron chi connectivity index (χ1n) is 5.73. The van der Waals surface area contributed by atoms with Gasteiger partial charge in [0.2, 0.25) is 0 Å². The van der Waals surface area contributed by atoms with Gasteiger partial charge in [0.05, 0.1) is 19.3 Å². The molecule has 0 aromatic carbocycles. The van der Waals surface area contributed by atoms with Crippen LogP contribution in [0.2, 0.25) is 0 Å². The zero-order chi connectivity index (χ0) is 14.1. The highest BCUT2D eigenvalue weighted by atomic mass is 16.5. The molecule has 0 radical (unpaired) electrons. The van der Waals surface area contributed by atoms with Crippen LogP contribution in [0.15, 0.2) is 0 Å². The van der Waals surface area contributed by atoms with Crippen molar-refractivity contribution in [2.75, 3.05) is 33.9 Å². The number of amides is 2. The molecule has 18 heavy (non-hydrogen) atoms. The maximum atomic E-state index is 11.6. The molecule has 7 heteroatoms. The molecule has 0 fully saturated rings. The van der Waals surface area contributed by atoms with Crippen molar-refractivity contribution in [2.45, 2.75) is 26.0 Å². The van der Waals surface area contributed by atoms with E-state index in [-0.39, 0.29) is 12.7 Å². The summed E-state index contributed by atoms with van der Waals surface area (Å²) in [5.41, 5.74) is 0. The molecule has 0 spiro atoms. The Balaban J connectivity index is 4.08. The zero-order valence-electron chi connectivity index (χ0n) is 11.3. The number of nitrogens with zero attached hydrogens (tertiary/aromatic N) is 1. The van der Waals surface area contributed by atoms with Crippen molar-refractivity contribution < 1.29 is 24.2 Å². The van der Waals surface area contributed by atoms with Gasteiger partial charge in [0.15, 0.2) is 6.04 Å². The van der Waals surface area contributed by atoms with Crippen LogP contribution in [0.3, 0.4) is 0 Å². The minimum absolute atomic E-state index is 0.0720. The molecular weight excluding hydrogens is 240 g/mol. The zero-order valence-corrected chi connectivity index (χ0v) is 11.3. The average Bonchev–Trinajstić information content (AvgIpc) is 2.27. The summed E-state index contributed by atoms with van der Waals surface area (Å²) in [4.78, 5) is 23.8. The second kappa shape index (κ2) is 8.71. The molecule has 0 heterocycles. The minimum Gasteiger partial charge on any atom is -0.480 e. The highest BCUT2D eigenvalue weighted by Gasteiger charge is 2.21. The van der Waals surface area contributed by atoms with Gasteiger partial charge in [-0.25, -0.2) is 9.59 Å². The van der Waals surface area contributed by atoms with Crippen molar-refractivity contribution >= 4 is 12.0 Å². The Morgan fingerprint density at radius 2 is 2.00 bits per heavy atom. The summed E-state index contributed by atoms with van der Waals surface area (Å²) in [6, 6.07) is -1.51. The van der Waals surface area contributed by atoms with E-state index >= 15 is 0 Å². The highest BCUT2D eigenvalue weighted by Crippen LogP contribution is 1.93. The van der Waals surface area contributed by atoms with Crippen LogP contribution in [-0.2, 0) is 14.3 Å². The van der Waals surface area contributed by atoms with Crippen LogP contribution in [0.1, 0.15) is 13.8 Å². The number of carboxylic acids is 1. The molecule has 1 atom stereocenters. The fraction of sp³-hybridized carbons (Fsp3) is 0.818. The third kappa shape index (κ3) is 7.08. The van der Waals surface area contributed by atoms with Crippen molar-refractivity contribution in [3.63, 3.8) is 0 Å². The van der Waals surface area contributed by atoms with E-state index in [0.29, 0.717) is 13.2 Å². The largest absolute Gasteiger partial charge is 0.480 e. The summed E-state index contributed by atoms with van der Waals surface area (Å²) < 4.78 is 10.0. The Labute approximate surface area is 107 Å². The second-order valence-electron chi connectivity index (χ2n) is 4.14. The Bertz CT molecular complexity index is 270. The lowest BCUT2D eigenvalue weighted by Gasteiger charge is -2.21. The lowest BCUT2D eigenvalue weighted by atomic mass is 10.3. The van der Waals surface area contributed by atoms with Gasteiger partial charge in [-0.05, 0) is 13.8 Å². The van der Waals surface area contributed by atoms with Gasteiger partial charge < -0.3 is 24.8 Å². The van der Waals surface area contributed by atoms with Crippen molar-refractivity contribution in [3.8, 4) is 0 Å². The average molecular weight is 262 g/mol. The van der Waals surface area contributed by atoms with E-state index in [1.807, 2.05) is 13.8 Å². The van der Waals surface area contributed by atoms with E-state index in [1.165, 1.54) is 12.0 Å². The topological polar surface area (TPSA) is 88.1 Å². The van der Waals surface area contributed by atoms with Gasteiger partial charge in [0, 0.05) is 20.7 Å². The van der Waals surface area contributed by atoms with Crippen LogP contribution < -0.4 is 5.32 Å². The van der Waals surface area contributed by atoms with Crippen LogP contribution in [0.25, 0.3) is 0 Å². The maximum absolute atomic E-state index is 11.6. The molecule has 0 aliphatic carbocycles. The van der Waals surface area contributed by atoms with Gasteiger partial charge in [-0.2, -0.15) is 0 Å². The van der Waals surface area contributed by atoms with Gasteiger partial charge in [-0.15, -0.1) is 0 Å². The smallest absolute Gasteiger partial charge is 0.328 e. The van der Waals surface area contributed by atoms with Crippen molar-refractivity contribution in [2.24, 2.45) is 0 Å². The molecule has 0 bridgehead atoms. The summed E-state index contributed by atoms with van der Waals surface area (Å²) in [5, 5.41) is 11.2. The number of carbonyl (C=O) groups excluding carboxylic acids is 1. The molecule has 106 valence electrons. The van der Waals surface area contributed by atoms with Crippen LogP contribution in [0.5, 0.6) is 0 Å². The summed E-state index contributed by atoms with van der Waals surface area (Å²) in [6.07, 6.45) is 0.0988. The number of nitrogens with one attached hydrogen (secondary N) is 1. The number of likely N-dealkylation sites (N-methyl/N-ethyl adjacent to an activating group) is 1. The van der Waals surface area contributed by atoms with E-state index in [1.54, 1.807) is 7.05 Å². The predicted molar refractivity (Wildman–Crippen MR) is 65.5 cm³/mol. The predicted octanol–water partition coefficient (Wildman–Crippen LogP) is 0.152. The molecule has 0 aliphatic rings. The number of hydrogen-bond acceptors (Lipinski definition) is 4. The first-order valence-corrected chi connectivity index (χ1v) is 5.73. The van der Waals surface area contributed by atoms with E-state index in [9.17, 15) is 9.59 Å². The van der Waals surface area contributed by atoms with Gasteiger partial charge in [-0.3, -0.25) is 0 Å². The molecule has 0 aromatic rings. The van der Waals surface area contributed by atoms with E-state index in [0.717, 1.165) is 0 Å². The van der Waals surface area contributed by atoms with E-state index in [4.69, 9.17) is 14.6 Å². The Morgan fingerprint density at radius 1 is 1.39 bits per heavy atom. The highest BCUT2D eigenvalue weighted by molar-refractivity contribution is 5.82. The van der Waals surface area contributed by atoms with Crippen LogP contribution >= 0.6 is 0 Å². The summed E-state index contributed by atoms with van der Waals surface area (Å²) in [6.45, 7) is 4.53. The van der Waals surface area contributed by atoms with Crippen LogP contribution in [0.4, 0.5) is 4.79 Å². The molecule has 2 N–H and O–H groups in total. The van der Waals surface area contributed by atoms with Crippen LogP contribution in [-0.4, -0.2) is 68.1 Å². The number of carbonyl (C=O) groups is 2. The number of ether oxygens (including phenoxy) is 2. The van der Waals surface area contributed by atoms with E-state index in [2.05, 4.69) is 5.32 Å². The maximum Gasteiger partial charge on any atom is 0.328 e. The Morgan fingerprint density at radius 3 is 2.44 bits per heavy atom. The summed E-state index contributed by atoms with van der Waals surface area (Å²) in [5.74, 6) is -1.13. The Hall–Kier alpha value is -1.34. The second-order valence-corrected chi connectivity index (χ2v) is 4.14. The minimum atomic E-state index is -1.13. The standard InChI is InChI=1S/C11H22N2O5/c1-8(2)18-6-5-13(3)11(16)12-9(7-17-4)10(14)15/h8-9H,5-7H2,1-4H3,(H,12,16)(H,14,15). The molecule has 0 saturated heterocycles. The number of urea groups is 1. The quantitative estimate of drug-likeness (QED) is 0.650. The first kappa shape index (κ1) is 16.7. The SMILES string of the molecule is COCC(NC(=O)N(C)CCOC(C)C)C(=O)O. The lowest BCUT2D eigenvalue weighted by Crippen LogP contribution is -2.49. The summed E-state index contributed by atoms with van der Waals surface area (Å²) >= 11 is 0. The third-order valence-electron chi connectivity index (χ3n) is 2.15. The monoisotopic (exact) mass is 262 g/mol. The number of carboxylic acid groups (broad SMARTS) is 1. The van der Waals surface area contributed by atoms with Crippen molar-refractivity contribution in [1.82, 2.24) is 10.2 Å². The van der Waals surface area contributed by atoms with Crippen LogP contribution in [0, 0.1) is 0 Å². The molecule has 0 aromatic heterocycles. The molecule has 0 rings (SSSR count). The Kier molecular flexibility index (Phi) is 8.06. The normalized spacial score (nSPS) is 12.3. The molecule has 2 amide bonds. The lowest BCUT2D eigenvalue weighted by molar-refractivity contribution is -0.140. The van der Waals surface area contributed by atoms with E-state index < -0.39 is 18.0 Å². The molecule has 1 unspecified atom stereocenters. The fourth-order valence-electron chi connectivity index (χ4n) is 1.13. The van der Waals surface area contributed by atoms with Crippen molar-refractivity contribution in [3.05, 3.63) is 0 Å². The molecular formula is C11H22N2O5. The fourth-order valence-corrected chi connectivity index (χ4v) is 1.13. The number of aliphatic carboxylic acids is 1. The van der Waals surface area contributed by atoms with Gasteiger partial charge >= 0.3 is 12.0 Å². The third-order valence-corrected chi connectivity index (χ3v) is 2.15. The number of rotatable bonds is 8. The van der Waals surface area contributed by atoms with Gasteiger partial charge in [-0.1, -0.05) is 0 Å². The molecule has 0 aliphatic heterocycles. The van der Waals surface area contributed by atoms with Crippen molar-refractivity contribution in [1.29, 1.82) is 0 Å². The number of methoxy groups -OCH3 is 1. The van der Waals surface area contributed by atoms with Gasteiger partial charge in [0.1, 0.15) is 0 Å². The first-order chi connectivity index (χ1) is 8.38.